The Morgan fingerprint density at radius 3 is 2.39 bits per heavy atom. The van der Waals surface area contributed by atoms with Crippen LogP contribution in [0.1, 0.15) is 56.5 Å². The molecule has 122 valence electrons. The Morgan fingerprint density at radius 2 is 1.78 bits per heavy atom. The van der Waals surface area contributed by atoms with E-state index in [0.717, 1.165) is 17.5 Å². The molecule has 2 aliphatic carbocycles. The van der Waals surface area contributed by atoms with E-state index in [4.69, 9.17) is 0 Å². The van der Waals surface area contributed by atoms with Gasteiger partial charge in [0.15, 0.2) is 5.69 Å². The fourth-order valence-corrected chi connectivity index (χ4v) is 4.63. The van der Waals surface area contributed by atoms with Gasteiger partial charge in [0.2, 0.25) is 0 Å². The molecule has 2 atom stereocenters. The molecule has 23 heavy (non-hydrogen) atoms. The highest BCUT2D eigenvalue weighted by Crippen LogP contribution is 2.68. The van der Waals surface area contributed by atoms with Gasteiger partial charge in [-0.25, -0.2) is 4.68 Å². The number of benzene rings is 1. The van der Waals surface area contributed by atoms with E-state index < -0.39 is 11.9 Å². The minimum absolute atomic E-state index is 0.0726. The van der Waals surface area contributed by atoms with Crippen LogP contribution < -0.4 is 0 Å². The van der Waals surface area contributed by atoms with E-state index in [-0.39, 0.29) is 16.7 Å². The largest absolute Gasteiger partial charge is 0.433 e. The van der Waals surface area contributed by atoms with Crippen molar-refractivity contribution in [3.63, 3.8) is 0 Å². The van der Waals surface area contributed by atoms with Gasteiger partial charge in [-0.3, -0.25) is 0 Å². The van der Waals surface area contributed by atoms with Gasteiger partial charge in [-0.2, -0.15) is 18.3 Å². The number of hydrogen-bond donors (Lipinski definition) is 0. The molecule has 2 bridgehead atoms. The Hall–Kier alpha value is -1.78. The van der Waals surface area contributed by atoms with Gasteiger partial charge in [0, 0.05) is 11.0 Å². The van der Waals surface area contributed by atoms with E-state index in [9.17, 15) is 13.2 Å². The average Bonchev–Trinajstić information content (AvgIpc) is 3.03. The highest BCUT2D eigenvalue weighted by Gasteiger charge is 2.64. The van der Waals surface area contributed by atoms with Gasteiger partial charge in [-0.15, -0.1) is 0 Å². The highest BCUT2D eigenvalue weighted by atomic mass is 19.4. The number of hydrogen-bond acceptors (Lipinski definition) is 1. The van der Waals surface area contributed by atoms with Gasteiger partial charge in [0.05, 0.1) is 11.4 Å². The molecule has 1 saturated carbocycles. The number of nitrogens with zero attached hydrogens (tertiary/aromatic N) is 2. The summed E-state index contributed by atoms with van der Waals surface area (Å²) in [7, 11) is 0. The number of alkyl halides is 3. The van der Waals surface area contributed by atoms with Crippen LogP contribution in [0.4, 0.5) is 13.2 Å². The van der Waals surface area contributed by atoms with E-state index >= 15 is 0 Å². The summed E-state index contributed by atoms with van der Waals surface area (Å²) >= 11 is 0. The summed E-state index contributed by atoms with van der Waals surface area (Å²) in [5.74, 6) is -0.0726. The molecule has 2 aliphatic rings. The van der Waals surface area contributed by atoms with E-state index in [2.05, 4.69) is 25.9 Å². The molecule has 1 aromatic carbocycles. The van der Waals surface area contributed by atoms with Crippen LogP contribution in [0.5, 0.6) is 0 Å². The molecule has 0 radical (unpaired) electrons. The molecule has 2 nitrogen and oxygen atoms in total. The predicted molar refractivity (Wildman–Crippen MR) is 81.7 cm³/mol. The van der Waals surface area contributed by atoms with Gasteiger partial charge < -0.3 is 0 Å². The second kappa shape index (κ2) is 4.19. The smallest absolute Gasteiger partial charge is 0.228 e. The van der Waals surface area contributed by atoms with Crippen LogP contribution >= 0.6 is 0 Å². The number of rotatable bonds is 1. The first-order valence-corrected chi connectivity index (χ1v) is 7.94. The SMILES string of the molecule is CC1(C)[C@H]2CC[C@]1(C)c1nn(-c3ccccc3)c(C(F)(F)F)c12. The van der Waals surface area contributed by atoms with Crippen molar-refractivity contribution < 1.29 is 13.2 Å². The lowest BCUT2D eigenvalue weighted by molar-refractivity contribution is -0.143. The van der Waals surface area contributed by atoms with Crippen molar-refractivity contribution in [1.29, 1.82) is 0 Å². The third-order valence-corrected chi connectivity index (χ3v) is 6.29. The molecule has 0 N–H and O–H groups in total. The van der Waals surface area contributed by atoms with Crippen LogP contribution in [0.2, 0.25) is 0 Å². The standard InChI is InChI=1S/C18H19F3N2/c1-16(2)12-9-10-17(16,3)14-13(12)15(18(19,20)21)23(22-14)11-7-5-4-6-8-11/h4-8,12H,9-10H2,1-3H3/t12-,17+/m0/s1. The lowest BCUT2D eigenvalue weighted by atomic mass is 9.70. The summed E-state index contributed by atoms with van der Waals surface area (Å²) in [4.78, 5) is 0. The Bertz CT molecular complexity index is 774. The van der Waals surface area contributed by atoms with Crippen LogP contribution in [-0.2, 0) is 11.6 Å². The van der Waals surface area contributed by atoms with E-state index in [1.54, 1.807) is 30.3 Å². The van der Waals surface area contributed by atoms with Crippen molar-refractivity contribution in [3.8, 4) is 5.69 Å². The molecule has 1 aromatic heterocycles. The quantitative estimate of drug-likeness (QED) is 0.717. The zero-order chi connectivity index (χ0) is 16.6. The summed E-state index contributed by atoms with van der Waals surface area (Å²) < 4.78 is 42.7. The Balaban J connectivity index is 2.03. The van der Waals surface area contributed by atoms with Gasteiger partial charge in [0.25, 0.3) is 0 Å². The molecule has 1 heterocycles. The summed E-state index contributed by atoms with van der Waals surface area (Å²) in [5, 5.41) is 4.47. The molecule has 4 rings (SSSR count). The number of para-hydroxylation sites is 1. The predicted octanol–water partition coefficient (Wildman–Crippen LogP) is 5.07. The van der Waals surface area contributed by atoms with Crippen molar-refractivity contribution in [2.75, 3.05) is 0 Å². The van der Waals surface area contributed by atoms with Crippen molar-refractivity contribution in [1.82, 2.24) is 9.78 Å². The van der Waals surface area contributed by atoms with Crippen molar-refractivity contribution in [2.24, 2.45) is 5.41 Å². The molecule has 0 spiro atoms. The van der Waals surface area contributed by atoms with Crippen molar-refractivity contribution >= 4 is 0 Å². The number of fused-ring (bicyclic) bond motifs is 5. The van der Waals surface area contributed by atoms with E-state index in [1.807, 2.05) is 0 Å². The highest BCUT2D eigenvalue weighted by molar-refractivity contribution is 5.51. The fourth-order valence-electron chi connectivity index (χ4n) is 4.63. The third-order valence-electron chi connectivity index (χ3n) is 6.29. The molecular weight excluding hydrogens is 301 g/mol. The van der Waals surface area contributed by atoms with Crippen LogP contribution in [0.3, 0.4) is 0 Å². The second-order valence-electron chi connectivity index (χ2n) is 7.50. The fraction of sp³-hybridized carbons (Fsp3) is 0.500. The third kappa shape index (κ3) is 1.68. The summed E-state index contributed by atoms with van der Waals surface area (Å²) in [6.45, 7) is 6.24. The summed E-state index contributed by atoms with van der Waals surface area (Å²) in [6.07, 6.45) is -2.70. The van der Waals surface area contributed by atoms with E-state index in [1.165, 1.54) is 0 Å². The molecule has 0 amide bonds. The monoisotopic (exact) mass is 320 g/mol. The lowest BCUT2D eigenvalue weighted by Crippen LogP contribution is -2.32. The molecule has 2 aromatic rings. The zero-order valence-electron chi connectivity index (χ0n) is 13.4. The second-order valence-corrected chi connectivity index (χ2v) is 7.50. The van der Waals surface area contributed by atoms with Crippen molar-refractivity contribution in [2.45, 2.75) is 51.1 Å². The lowest BCUT2D eigenvalue weighted by Gasteiger charge is -2.34. The topological polar surface area (TPSA) is 17.8 Å². The van der Waals surface area contributed by atoms with Gasteiger partial charge in [-0.05, 0) is 36.3 Å². The molecule has 0 saturated heterocycles. The first-order valence-electron chi connectivity index (χ1n) is 7.94. The Kier molecular flexibility index (Phi) is 2.69. The number of aromatic nitrogens is 2. The van der Waals surface area contributed by atoms with Crippen LogP contribution in [0, 0.1) is 5.41 Å². The van der Waals surface area contributed by atoms with Gasteiger partial charge in [-0.1, -0.05) is 39.0 Å². The molecular formula is C18H19F3N2. The maximum atomic E-state index is 13.9. The van der Waals surface area contributed by atoms with Crippen LogP contribution in [-0.4, -0.2) is 9.78 Å². The maximum absolute atomic E-state index is 13.9. The summed E-state index contributed by atoms with van der Waals surface area (Å²) in [6, 6.07) is 8.62. The Morgan fingerprint density at radius 1 is 1.13 bits per heavy atom. The summed E-state index contributed by atoms with van der Waals surface area (Å²) in [5.41, 5.74) is 0.498. The van der Waals surface area contributed by atoms with Gasteiger partial charge in [0.1, 0.15) is 0 Å². The number of halogens is 3. The molecule has 0 aliphatic heterocycles. The molecule has 1 fully saturated rings. The normalized spacial score (nSPS) is 28.2. The van der Waals surface area contributed by atoms with Crippen LogP contribution in [0.25, 0.3) is 5.69 Å². The minimum Gasteiger partial charge on any atom is -0.228 e. The van der Waals surface area contributed by atoms with E-state index in [0.29, 0.717) is 16.9 Å². The minimum atomic E-state index is -4.41. The first kappa shape index (κ1) is 14.8. The Labute approximate surface area is 133 Å². The first-order chi connectivity index (χ1) is 10.7. The van der Waals surface area contributed by atoms with Crippen molar-refractivity contribution in [3.05, 3.63) is 47.3 Å². The molecule has 5 heteroatoms. The molecule has 0 unspecified atom stereocenters. The average molecular weight is 320 g/mol. The van der Waals surface area contributed by atoms with Crippen LogP contribution in [0.15, 0.2) is 30.3 Å². The maximum Gasteiger partial charge on any atom is 0.433 e. The van der Waals surface area contributed by atoms with Gasteiger partial charge >= 0.3 is 6.18 Å². The zero-order valence-corrected chi connectivity index (χ0v) is 13.4.